The van der Waals surface area contributed by atoms with Gasteiger partial charge in [-0.1, -0.05) is 0 Å². The topological polar surface area (TPSA) is 45.7 Å². The molecule has 22 heavy (non-hydrogen) atoms. The van der Waals surface area contributed by atoms with E-state index in [0.717, 1.165) is 57.9 Å². The third-order valence-electron chi connectivity index (χ3n) is 4.74. The van der Waals surface area contributed by atoms with Gasteiger partial charge in [0, 0.05) is 43.5 Å². The SMILES string of the molecule is Cc1ccc(C(=O)N2CCCC3(COCCN(C)C3)C2)cn1. The smallest absolute Gasteiger partial charge is 0.255 e. The summed E-state index contributed by atoms with van der Waals surface area (Å²) in [4.78, 5) is 21.3. The Labute approximate surface area is 132 Å². The maximum Gasteiger partial charge on any atom is 0.255 e. The van der Waals surface area contributed by atoms with Crippen LogP contribution in [0.2, 0.25) is 0 Å². The van der Waals surface area contributed by atoms with Crippen molar-refractivity contribution >= 4 is 5.91 Å². The van der Waals surface area contributed by atoms with Crippen molar-refractivity contribution < 1.29 is 9.53 Å². The van der Waals surface area contributed by atoms with Gasteiger partial charge in [-0.05, 0) is 38.9 Å². The lowest BCUT2D eigenvalue weighted by molar-refractivity contribution is 0.00859. The van der Waals surface area contributed by atoms with Crippen LogP contribution in [-0.4, -0.2) is 67.1 Å². The highest BCUT2D eigenvalue weighted by Crippen LogP contribution is 2.33. The monoisotopic (exact) mass is 303 g/mol. The summed E-state index contributed by atoms with van der Waals surface area (Å²) in [6.45, 7) is 7.06. The summed E-state index contributed by atoms with van der Waals surface area (Å²) in [5.41, 5.74) is 1.70. The zero-order valence-electron chi connectivity index (χ0n) is 13.5. The molecule has 120 valence electrons. The Morgan fingerprint density at radius 1 is 1.32 bits per heavy atom. The average molecular weight is 303 g/mol. The lowest BCUT2D eigenvalue weighted by Gasteiger charge is -2.43. The molecule has 2 fully saturated rings. The molecule has 2 aliphatic rings. The van der Waals surface area contributed by atoms with Crippen LogP contribution in [0.4, 0.5) is 0 Å². The minimum Gasteiger partial charge on any atom is -0.379 e. The number of hydrogen-bond acceptors (Lipinski definition) is 4. The van der Waals surface area contributed by atoms with Crippen molar-refractivity contribution in [2.24, 2.45) is 5.41 Å². The quantitative estimate of drug-likeness (QED) is 0.790. The van der Waals surface area contributed by atoms with Crippen molar-refractivity contribution in [2.45, 2.75) is 19.8 Å². The summed E-state index contributed by atoms with van der Waals surface area (Å²) in [7, 11) is 2.14. The lowest BCUT2D eigenvalue weighted by atomic mass is 9.80. The second-order valence-corrected chi connectivity index (χ2v) is 6.81. The van der Waals surface area contributed by atoms with Crippen molar-refractivity contribution in [3.05, 3.63) is 29.6 Å². The van der Waals surface area contributed by atoms with E-state index in [1.165, 1.54) is 0 Å². The Hall–Kier alpha value is -1.46. The molecular formula is C17H25N3O2. The molecule has 0 bridgehead atoms. The van der Waals surface area contributed by atoms with Gasteiger partial charge in [0.15, 0.2) is 0 Å². The molecule has 3 rings (SSSR count). The first-order chi connectivity index (χ1) is 10.6. The average Bonchev–Trinajstić information content (AvgIpc) is 2.69. The van der Waals surface area contributed by atoms with E-state index in [0.29, 0.717) is 5.56 Å². The number of aromatic nitrogens is 1. The Balaban J connectivity index is 1.74. The normalized spacial score (nSPS) is 26.9. The van der Waals surface area contributed by atoms with Crippen LogP contribution in [0.15, 0.2) is 18.3 Å². The number of ether oxygens (including phenoxy) is 1. The second kappa shape index (κ2) is 6.34. The standard InChI is InChI=1S/C17H25N3O2/c1-14-4-5-15(10-18-14)16(21)20-7-3-6-17(12-20)11-19(2)8-9-22-13-17/h4-5,10H,3,6-9,11-13H2,1-2H3. The van der Waals surface area contributed by atoms with E-state index in [1.807, 2.05) is 24.0 Å². The molecule has 1 unspecified atom stereocenters. The number of hydrogen-bond donors (Lipinski definition) is 0. The molecule has 2 aliphatic heterocycles. The first kappa shape index (κ1) is 15.4. The minimum atomic E-state index is 0.0806. The molecule has 2 saturated heterocycles. The van der Waals surface area contributed by atoms with E-state index in [1.54, 1.807) is 6.20 Å². The summed E-state index contributed by atoms with van der Waals surface area (Å²) in [6, 6.07) is 3.77. The molecule has 1 aromatic rings. The van der Waals surface area contributed by atoms with Crippen LogP contribution >= 0.6 is 0 Å². The Morgan fingerprint density at radius 3 is 2.95 bits per heavy atom. The Bertz CT molecular complexity index is 531. The van der Waals surface area contributed by atoms with E-state index < -0.39 is 0 Å². The second-order valence-electron chi connectivity index (χ2n) is 6.81. The number of likely N-dealkylation sites (tertiary alicyclic amines) is 1. The van der Waals surface area contributed by atoms with Gasteiger partial charge in [-0.25, -0.2) is 0 Å². The van der Waals surface area contributed by atoms with Crippen molar-refractivity contribution in [1.82, 2.24) is 14.8 Å². The molecule has 0 aromatic carbocycles. The van der Waals surface area contributed by atoms with Crippen molar-refractivity contribution in [3.8, 4) is 0 Å². The third-order valence-corrected chi connectivity index (χ3v) is 4.74. The van der Waals surface area contributed by atoms with Gasteiger partial charge in [-0.3, -0.25) is 9.78 Å². The van der Waals surface area contributed by atoms with E-state index in [-0.39, 0.29) is 11.3 Å². The maximum absolute atomic E-state index is 12.7. The number of piperidine rings is 1. The Kier molecular flexibility index (Phi) is 4.45. The van der Waals surface area contributed by atoms with Gasteiger partial charge < -0.3 is 14.5 Å². The highest BCUT2D eigenvalue weighted by Gasteiger charge is 2.39. The van der Waals surface area contributed by atoms with Gasteiger partial charge in [0.1, 0.15) is 0 Å². The first-order valence-electron chi connectivity index (χ1n) is 8.06. The molecule has 3 heterocycles. The number of pyridine rings is 1. The molecule has 1 atom stereocenters. The van der Waals surface area contributed by atoms with Gasteiger partial charge in [0.2, 0.25) is 0 Å². The van der Waals surface area contributed by atoms with Crippen LogP contribution in [-0.2, 0) is 4.74 Å². The van der Waals surface area contributed by atoms with Crippen LogP contribution in [0.1, 0.15) is 28.9 Å². The third kappa shape index (κ3) is 3.31. The molecule has 1 spiro atoms. The van der Waals surface area contributed by atoms with Crippen molar-refractivity contribution in [1.29, 1.82) is 0 Å². The molecule has 0 N–H and O–H groups in total. The number of nitrogens with zero attached hydrogens (tertiary/aromatic N) is 3. The number of carbonyl (C=O) groups excluding carboxylic acids is 1. The first-order valence-corrected chi connectivity index (χ1v) is 8.06. The van der Waals surface area contributed by atoms with Gasteiger partial charge in [0.05, 0.1) is 18.8 Å². The number of aryl methyl sites for hydroxylation is 1. The summed E-state index contributed by atoms with van der Waals surface area (Å²) in [5, 5.41) is 0. The molecule has 0 saturated carbocycles. The van der Waals surface area contributed by atoms with Gasteiger partial charge >= 0.3 is 0 Å². The predicted octanol–water partition coefficient (Wildman–Crippen LogP) is 1.57. The minimum absolute atomic E-state index is 0.0806. The largest absolute Gasteiger partial charge is 0.379 e. The molecule has 0 aliphatic carbocycles. The summed E-state index contributed by atoms with van der Waals surface area (Å²) in [6.07, 6.45) is 3.87. The predicted molar refractivity (Wildman–Crippen MR) is 84.9 cm³/mol. The van der Waals surface area contributed by atoms with Crippen LogP contribution in [0, 0.1) is 12.3 Å². The fourth-order valence-corrected chi connectivity index (χ4v) is 3.61. The van der Waals surface area contributed by atoms with Gasteiger partial charge in [0.25, 0.3) is 5.91 Å². The van der Waals surface area contributed by atoms with E-state index in [9.17, 15) is 4.79 Å². The van der Waals surface area contributed by atoms with Crippen molar-refractivity contribution in [3.63, 3.8) is 0 Å². The zero-order chi connectivity index (χ0) is 15.6. The fraction of sp³-hybridized carbons (Fsp3) is 0.647. The van der Waals surface area contributed by atoms with Crippen LogP contribution in [0.25, 0.3) is 0 Å². The number of carbonyl (C=O) groups is 1. The number of amides is 1. The zero-order valence-corrected chi connectivity index (χ0v) is 13.5. The summed E-state index contributed by atoms with van der Waals surface area (Å²) in [5.74, 6) is 0.0958. The van der Waals surface area contributed by atoms with E-state index in [4.69, 9.17) is 4.74 Å². The van der Waals surface area contributed by atoms with Crippen molar-refractivity contribution in [2.75, 3.05) is 46.4 Å². The Morgan fingerprint density at radius 2 is 2.18 bits per heavy atom. The van der Waals surface area contributed by atoms with E-state index in [2.05, 4.69) is 16.9 Å². The lowest BCUT2D eigenvalue weighted by Crippen LogP contribution is -2.51. The molecule has 1 amide bonds. The number of likely N-dealkylation sites (N-methyl/N-ethyl adjacent to an activating group) is 1. The molecule has 1 aromatic heterocycles. The molecule has 0 radical (unpaired) electrons. The van der Waals surface area contributed by atoms with Crippen LogP contribution in [0.5, 0.6) is 0 Å². The van der Waals surface area contributed by atoms with Crippen LogP contribution in [0.3, 0.4) is 0 Å². The van der Waals surface area contributed by atoms with E-state index >= 15 is 0 Å². The molecular weight excluding hydrogens is 278 g/mol. The summed E-state index contributed by atoms with van der Waals surface area (Å²) >= 11 is 0. The van der Waals surface area contributed by atoms with Gasteiger partial charge in [-0.2, -0.15) is 0 Å². The van der Waals surface area contributed by atoms with Crippen LogP contribution < -0.4 is 0 Å². The highest BCUT2D eigenvalue weighted by molar-refractivity contribution is 5.94. The highest BCUT2D eigenvalue weighted by atomic mass is 16.5. The fourth-order valence-electron chi connectivity index (χ4n) is 3.61. The van der Waals surface area contributed by atoms with Gasteiger partial charge in [-0.15, -0.1) is 0 Å². The molecule has 5 nitrogen and oxygen atoms in total. The molecule has 5 heteroatoms. The number of rotatable bonds is 1. The summed E-state index contributed by atoms with van der Waals surface area (Å²) < 4.78 is 5.82. The maximum atomic E-state index is 12.7.